The van der Waals surface area contributed by atoms with Crippen LogP contribution in [0.15, 0.2) is 0 Å². The third-order valence-corrected chi connectivity index (χ3v) is 3.36. The zero-order chi connectivity index (χ0) is 11.8. The fourth-order valence-corrected chi connectivity index (χ4v) is 2.18. The molecule has 3 saturated heterocycles. The zero-order valence-electron chi connectivity index (χ0n) is 10.2. The van der Waals surface area contributed by atoms with Crippen molar-refractivity contribution in [2.75, 3.05) is 26.9 Å². The lowest BCUT2D eigenvalue weighted by Gasteiger charge is -2.53. The van der Waals surface area contributed by atoms with Gasteiger partial charge >= 0.3 is 5.97 Å². The molecule has 0 aromatic rings. The molecule has 3 aliphatic heterocycles. The maximum Gasteiger partial charge on any atom is 0.301 e. The smallest absolute Gasteiger partial charge is 0.301 e. The van der Waals surface area contributed by atoms with Crippen LogP contribution in [0, 0.1) is 5.41 Å². The molecule has 3 fully saturated rings. The van der Waals surface area contributed by atoms with E-state index in [0.29, 0.717) is 26.2 Å². The fourth-order valence-electron chi connectivity index (χ4n) is 2.18. The van der Waals surface area contributed by atoms with Crippen molar-refractivity contribution in [3.63, 3.8) is 0 Å². The molecule has 0 saturated carbocycles. The summed E-state index contributed by atoms with van der Waals surface area (Å²) in [6.45, 7) is 5.83. The van der Waals surface area contributed by atoms with E-state index < -0.39 is 12.1 Å². The quantitative estimate of drug-likeness (QED) is 0.717. The minimum absolute atomic E-state index is 0.0444. The first-order chi connectivity index (χ1) is 7.55. The first kappa shape index (κ1) is 12.3. The second-order valence-corrected chi connectivity index (χ2v) is 5.02. The number of nitrogens with one attached hydrogen (secondary N) is 1. The van der Waals surface area contributed by atoms with E-state index in [1.54, 1.807) is 7.05 Å². The van der Waals surface area contributed by atoms with Crippen LogP contribution in [0.1, 0.15) is 20.3 Å². The number of ether oxygens (including phenoxy) is 3. The Kier molecular flexibility index (Phi) is 3.25. The number of rotatable bonds is 4. The van der Waals surface area contributed by atoms with Gasteiger partial charge in [-0.1, -0.05) is 13.8 Å². The third-order valence-electron chi connectivity index (χ3n) is 3.36. The highest BCUT2D eigenvalue weighted by atomic mass is 16.9. The van der Waals surface area contributed by atoms with Crippen molar-refractivity contribution in [2.24, 2.45) is 5.41 Å². The van der Waals surface area contributed by atoms with Gasteiger partial charge < -0.3 is 24.6 Å². The number of hydrogen-bond acceptors (Lipinski definition) is 5. The van der Waals surface area contributed by atoms with Crippen molar-refractivity contribution < 1.29 is 19.3 Å². The lowest BCUT2D eigenvalue weighted by atomic mass is 9.90. The molecule has 2 N–H and O–H groups in total. The Bertz CT molecular complexity index is 234. The molecule has 5 heteroatoms. The van der Waals surface area contributed by atoms with Crippen LogP contribution in [0.3, 0.4) is 0 Å². The van der Waals surface area contributed by atoms with E-state index in [9.17, 15) is 5.11 Å². The normalized spacial score (nSPS) is 42.0. The Morgan fingerprint density at radius 2 is 1.75 bits per heavy atom. The van der Waals surface area contributed by atoms with Crippen LogP contribution in [-0.2, 0) is 14.2 Å². The van der Waals surface area contributed by atoms with Gasteiger partial charge in [0.2, 0.25) is 0 Å². The minimum Gasteiger partial charge on any atom is -0.391 e. The Balaban J connectivity index is 2.13. The van der Waals surface area contributed by atoms with Crippen LogP contribution in [0.25, 0.3) is 0 Å². The molecule has 0 aromatic carbocycles. The number of likely N-dealkylation sites (N-methyl/N-ethyl adjacent to an activating group) is 1. The largest absolute Gasteiger partial charge is 0.391 e. The van der Waals surface area contributed by atoms with E-state index in [-0.39, 0.29) is 11.5 Å². The predicted octanol–water partition coefficient (Wildman–Crippen LogP) is 0.0824. The molecular formula is C11H21NO4. The molecule has 0 aromatic heterocycles. The highest BCUT2D eigenvalue weighted by molar-refractivity contribution is 4.93. The summed E-state index contributed by atoms with van der Waals surface area (Å²) >= 11 is 0. The monoisotopic (exact) mass is 231 g/mol. The van der Waals surface area contributed by atoms with Crippen LogP contribution in [-0.4, -0.2) is 50.1 Å². The minimum atomic E-state index is -1.11. The number of aliphatic hydroxyl groups is 1. The van der Waals surface area contributed by atoms with Gasteiger partial charge in [0.05, 0.1) is 25.9 Å². The van der Waals surface area contributed by atoms with Crippen molar-refractivity contribution >= 4 is 0 Å². The standard InChI is InChI=1S/C11H21NO4/c1-4-8(13)9(12-3)11-14-5-10(2,6-15-11)7-16-11/h8-9,12-13H,4-7H2,1-3H3/t8-,9-,10?,11?/m0/s1. The maximum atomic E-state index is 9.95. The summed E-state index contributed by atoms with van der Waals surface area (Å²) in [5.41, 5.74) is -0.0444. The lowest BCUT2D eigenvalue weighted by Crippen LogP contribution is -2.69. The van der Waals surface area contributed by atoms with Gasteiger partial charge in [-0.2, -0.15) is 0 Å². The molecule has 0 aliphatic carbocycles. The van der Waals surface area contributed by atoms with Crippen LogP contribution in [0.5, 0.6) is 0 Å². The average Bonchev–Trinajstić information content (AvgIpc) is 2.31. The first-order valence-corrected chi connectivity index (χ1v) is 5.82. The molecule has 0 unspecified atom stereocenters. The lowest BCUT2D eigenvalue weighted by molar-refractivity contribution is -0.478. The second kappa shape index (κ2) is 4.23. The van der Waals surface area contributed by atoms with Crippen molar-refractivity contribution in [3.05, 3.63) is 0 Å². The Morgan fingerprint density at radius 3 is 2.12 bits per heavy atom. The van der Waals surface area contributed by atoms with Crippen LogP contribution in [0.4, 0.5) is 0 Å². The van der Waals surface area contributed by atoms with Crippen molar-refractivity contribution in [1.29, 1.82) is 0 Å². The molecule has 0 radical (unpaired) electrons. The summed E-state index contributed by atoms with van der Waals surface area (Å²) in [5.74, 6) is -1.11. The molecule has 0 spiro atoms. The molecule has 0 amide bonds. The van der Waals surface area contributed by atoms with Crippen molar-refractivity contribution in [3.8, 4) is 0 Å². The molecule has 3 heterocycles. The van der Waals surface area contributed by atoms with E-state index in [2.05, 4.69) is 12.2 Å². The van der Waals surface area contributed by atoms with Gasteiger partial charge in [-0.25, -0.2) is 0 Å². The molecule has 3 rings (SSSR count). The molecule has 2 atom stereocenters. The summed E-state index contributed by atoms with van der Waals surface area (Å²) in [5, 5.41) is 13.0. The molecule has 16 heavy (non-hydrogen) atoms. The van der Waals surface area contributed by atoms with Gasteiger partial charge in [-0.3, -0.25) is 0 Å². The molecule has 3 aliphatic rings. The molecule has 94 valence electrons. The second-order valence-electron chi connectivity index (χ2n) is 5.02. The number of aliphatic hydroxyl groups excluding tert-OH is 1. The highest BCUT2D eigenvalue weighted by Crippen LogP contribution is 2.40. The average molecular weight is 231 g/mol. The van der Waals surface area contributed by atoms with Crippen LogP contribution in [0.2, 0.25) is 0 Å². The van der Waals surface area contributed by atoms with Gasteiger partial charge in [-0.05, 0) is 13.5 Å². The summed E-state index contributed by atoms with van der Waals surface area (Å²) in [4.78, 5) is 0. The summed E-state index contributed by atoms with van der Waals surface area (Å²) in [7, 11) is 1.77. The first-order valence-electron chi connectivity index (χ1n) is 5.82. The van der Waals surface area contributed by atoms with Gasteiger partial charge in [-0.15, -0.1) is 0 Å². The van der Waals surface area contributed by atoms with Gasteiger partial charge in [0.1, 0.15) is 6.04 Å². The SMILES string of the molecule is CC[C@H](O)[C@H](NC)C12OCC(C)(CO1)CO2. The summed E-state index contributed by atoms with van der Waals surface area (Å²) in [6.07, 6.45) is 0.0769. The van der Waals surface area contributed by atoms with Crippen LogP contribution < -0.4 is 5.32 Å². The highest BCUT2D eigenvalue weighted by Gasteiger charge is 2.56. The zero-order valence-corrected chi connectivity index (χ0v) is 10.2. The van der Waals surface area contributed by atoms with Gasteiger partial charge in [0, 0.05) is 5.41 Å². The number of hydrogen-bond donors (Lipinski definition) is 2. The fraction of sp³-hybridized carbons (Fsp3) is 1.00. The molecule has 2 bridgehead atoms. The van der Waals surface area contributed by atoms with E-state index in [1.165, 1.54) is 0 Å². The Morgan fingerprint density at radius 1 is 1.25 bits per heavy atom. The summed E-state index contributed by atoms with van der Waals surface area (Å²) in [6, 6.07) is -0.359. The predicted molar refractivity (Wildman–Crippen MR) is 57.8 cm³/mol. The van der Waals surface area contributed by atoms with Crippen molar-refractivity contribution in [2.45, 2.75) is 38.4 Å². The summed E-state index contributed by atoms with van der Waals surface area (Å²) < 4.78 is 17.0. The topological polar surface area (TPSA) is 60.0 Å². The molecule has 5 nitrogen and oxygen atoms in total. The molecular weight excluding hydrogens is 210 g/mol. The van der Waals surface area contributed by atoms with E-state index in [0.717, 1.165) is 0 Å². The van der Waals surface area contributed by atoms with E-state index >= 15 is 0 Å². The van der Waals surface area contributed by atoms with Crippen LogP contribution >= 0.6 is 0 Å². The Hall–Kier alpha value is -0.200. The van der Waals surface area contributed by atoms with Gasteiger partial charge in [0.15, 0.2) is 0 Å². The maximum absolute atomic E-state index is 9.95. The number of fused-ring (bicyclic) bond motifs is 3. The van der Waals surface area contributed by atoms with Crippen molar-refractivity contribution in [1.82, 2.24) is 5.32 Å². The van der Waals surface area contributed by atoms with E-state index in [4.69, 9.17) is 14.2 Å². The Labute approximate surface area is 96.1 Å². The van der Waals surface area contributed by atoms with E-state index in [1.807, 2.05) is 6.92 Å². The van der Waals surface area contributed by atoms with Gasteiger partial charge in [0.25, 0.3) is 0 Å². The third kappa shape index (κ3) is 1.87.